The number of carbonyl (C=O) groups is 2. The molecule has 0 bridgehead atoms. The second kappa shape index (κ2) is 9.04. The van der Waals surface area contributed by atoms with Crippen molar-refractivity contribution in [3.05, 3.63) is 90.5 Å². The maximum atomic E-state index is 13.3. The van der Waals surface area contributed by atoms with E-state index in [0.717, 1.165) is 5.56 Å². The van der Waals surface area contributed by atoms with E-state index < -0.39 is 5.92 Å². The molecule has 1 fully saturated rings. The van der Waals surface area contributed by atoms with Gasteiger partial charge in [0.05, 0.1) is 11.4 Å². The van der Waals surface area contributed by atoms with Crippen LogP contribution in [0.5, 0.6) is 5.75 Å². The monoisotopic (exact) mass is 414 g/mol. The van der Waals surface area contributed by atoms with Gasteiger partial charge in [-0.1, -0.05) is 62.4 Å². The standard InChI is InChI=1S/C26H26N2O3/c1-19(2)17-24-25(29)27(21-11-7-4-8-12-21)28(26(24)30)22-13-15-23(16-14-22)31-18-20-9-5-3-6-10-20/h3-16,19,24H,17-18H2,1-2H3. The molecule has 2 amide bonds. The summed E-state index contributed by atoms with van der Waals surface area (Å²) < 4.78 is 5.86. The van der Waals surface area contributed by atoms with Crippen molar-refractivity contribution in [1.29, 1.82) is 0 Å². The third-order valence-electron chi connectivity index (χ3n) is 5.25. The van der Waals surface area contributed by atoms with Gasteiger partial charge in [-0.15, -0.1) is 0 Å². The molecule has 0 N–H and O–H groups in total. The summed E-state index contributed by atoms with van der Waals surface area (Å²) in [7, 11) is 0. The molecule has 0 spiro atoms. The van der Waals surface area contributed by atoms with E-state index in [4.69, 9.17) is 4.74 Å². The van der Waals surface area contributed by atoms with Crippen molar-refractivity contribution in [3.8, 4) is 5.75 Å². The lowest BCUT2D eigenvalue weighted by atomic mass is 9.96. The molecule has 0 aliphatic carbocycles. The molecule has 3 aromatic rings. The van der Waals surface area contributed by atoms with Gasteiger partial charge in [-0.2, -0.15) is 0 Å². The van der Waals surface area contributed by atoms with Crippen molar-refractivity contribution in [2.45, 2.75) is 26.9 Å². The summed E-state index contributed by atoms with van der Waals surface area (Å²) in [6.45, 7) is 4.51. The zero-order valence-corrected chi connectivity index (χ0v) is 17.8. The van der Waals surface area contributed by atoms with Gasteiger partial charge in [-0.05, 0) is 54.3 Å². The van der Waals surface area contributed by atoms with Crippen LogP contribution in [0.4, 0.5) is 11.4 Å². The van der Waals surface area contributed by atoms with Crippen molar-refractivity contribution in [2.24, 2.45) is 11.8 Å². The van der Waals surface area contributed by atoms with Gasteiger partial charge in [-0.25, -0.2) is 10.0 Å². The highest BCUT2D eigenvalue weighted by Gasteiger charge is 2.47. The Morgan fingerprint density at radius 1 is 0.742 bits per heavy atom. The molecule has 1 aliphatic heterocycles. The average molecular weight is 415 g/mol. The highest BCUT2D eigenvalue weighted by Crippen LogP contribution is 2.35. The number of ether oxygens (including phenoxy) is 1. The predicted octanol–water partition coefficient (Wildman–Crippen LogP) is 5.22. The molecular formula is C26H26N2O3. The van der Waals surface area contributed by atoms with Crippen molar-refractivity contribution in [1.82, 2.24) is 0 Å². The summed E-state index contributed by atoms with van der Waals surface area (Å²) >= 11 is 0. The Hall–Kier alpha value is -3.60. The molecule has 158 valence electrons. The Labute approximate surface area is 182 Å². The van der Waals surface area contributed by atoms with E-state index in [0.29, 0.717) is 30.2 Å². The molecule has 1 atom stereocenters. The van der Waals surface area contributed by atoms with E-state index in [9.17, 15) is 9.59 Å². The van der Waals surface area contributed by atoms with E-state index in [2.05, 4.69) is 0 Å². The molecule has 1 heterocycles. The SMILES string of the molecule is CC(C)CC1C(=O)N(c2ccccc2)N(c2ccc(OCc3ccccc3)cc2)C1=O. The number of hydrogen-bond donors (Lipinski definition) is 0. The number of amides is 2. The smallest absolute Gasteiger partial charge is 0.258 e. The lowest BCUT2D eigenvalue weighted by Gasteiger charge is -2.27. The fourth-order valence-corrected chi connectivity index (χ4v) is 3.75. The largest absolute Gasteiger partial charge is 0.489 e. The van der Waals surface area contributed by atoms with Gasteiger partial charge in [0.2, 0.25) is 0 Å². The Bertz CT molecular complexity index is 1030. The number of nitrogens with zero attached hydrogens (tertiary/aromatic N) is 2. The van der Waals surface area contributed by atoms with Crippen LogP contribution in [0.25, 0.3) is 0 Å². The Kier molecular flexibility index (Phi) is 6.03. The van der Waals surface area contributed by atoms with Gasteiger partial charge < -0.3 is 4.74 Å². The third-order valence-corrected chi connectivity index (χ3v) is 5.25. The third kappa shape index (κ3) is 4.45. The maximum Gasteiger partial charge on any atom is 0.258 e. The molecule has 5 nitrogen and oxygen atoms in total. The molecule has 1 saturated heterocycles. The molecule has 3 aromatic carbocycles. The lowest BCUT2D eigenvalue weighted by Crippen LogP contribution is -2.41. The molecule has 0 radical (unpaired) electrons. The number of para-hydroxylation sites is 1. The minimum Gasteiger partial charge on any atom is -0.489 e. The van der Waals surface area contributed by atoms with Crippen LogP contribution in [0.3, 0.4) is 0 Å². The summed E-state index contributed by atoms with van der Waals surface area (Å²) in [5.74, 6) is -0.108. The molecule has 4 rings (SSSR count). The van der Waals surface area contributed by atoms with Crippen molar-refractivity contribution in [2.75, 3.05) is 10.0 Å². The predicted molar refractivity (Wildman–Crippen MR) is 122 cm³/mol. The zero-order valence-electron chi connectivity index (χ0n) is 17.8. The number of rotatable bonds is 7. The van der Waals surface area contributed by atoms with Gasteiger partial charge in [0.15, 0.2) is 0 Å². The number of carbonyl (C=O) groups excluding carboxylic acids is 2. The second-order valence-corrected chi connectivity index (χ2v) is 8.09. The van der Waals surface area contributed by atoms with Crippen LogP contribution in [0.15, 0.2) is 84.9 Å². The Morgan fingerprint density at radius 3 is 1.81 bits per heavy atom. The van der Waals surface area contributed by atoms with Gasteiger partial charge >= 0.3 is 0 Å². The zero-order chi connectivity index (χ0) is 21.8. The molecule has 5 heteroatoms. The summed E-state index contributed by atoms with van der Waals surface area (Å²) in [5, 5.41) is 2.99. The summed E-state index contributed by atoms with van der Waals surface area (Å²) in [6.07, 6.45) is 0.524. The van der Waals surface area contributed by atoms with Gasteiger partial charge in [0.1, 0.15) is 18.3 Å². The van der Waals surface area contributed by atoms with E-state index >= 15 is 0 Å². The Balaban J connectivity index is 1.59. The van der Waals surface area contributed by atoms with Crippen LogP contribution >= 0.6 is 0 Å². The van der Waals surface area contributed by atoms with Crippen molar-refractivity contribution in [3.63, 3.8) is 0 Å². The summed E-state index contributed by atoms with van der Waals surface area (Å²) in [5.41, 5.74) is 2.40. The number of hydrogen-bond acceptors (Lipinski definition) is 3. The van der Waals surface area contributed by atoms with E-state index in [1.165, 1.54) is 10.0 Å². The van der Waals surface area contributed by atoms with E-state index in [1.807, 2.05) is 98.8 Å². The molecule has 31 heavy (non-hydrogen) atoms. The topological polar surface area (TPSA) is 49.9 Å². The fraction of sp³-hybridized carbons (Fsp3) is 0.231. The first-order chi connectivity index (χ1) is 15.0. The Morgan fingerprint density at radius 2 is 1.26 bits per heavy atom. The van der Waals surface area contributed by atoms with Crippen LogP contribution in [-0.4, -0.2) is 11.8 Å². The quantitative estimate of drug-likeness (QED) is 0.498. The number of hydrazine groups is 1. The molecular weight excluding hydrogens is 388 g/mol. The minimum absolute atomic E-state index is 0.186. The average Bonchev–Trinajstić information content (AvgIpc) is 3.04. The molecule has 1 aliphatic rings. The van der Waals surface area contributed by atoms with Crippen molar-refractivity contribution < 1.29 is 14.3 Å². The van der Waals surface area contributed by atoms with Crippen LogP contribution < -0.4 is 14.8 Å². The highest BCUT2D eigenvalue weighted by atomic mass is 16.5. The van der Waals surface area contributed by atoms with Crippen LogP contribution in [-0.2, 0) is 16.2 Å². The van der Waals surface area contributed by atoms with Gasteiger partial charge in [0, 0.05) is 0 Å². The summed E-state index contributed by atoms with van der Waals surface area (Å²) in [4.78, 5) is 26.5. The highest BCUT2D eigenvalue weighted by molar-refractivity contribution is 6.23. The van der Waals surface area contributed by atoms with Crippen LogP contribution in [0, 0.1) is 11.8 Å². The number of benzene rings is 3. The normalized spacial score (nSPS) is 16.3. The van der Waals surface area contributed by atoms with Crippen molar-refractivity contribution >= 4 is 23.2 Å². The van der Waals surface area contributed by atoms with Crippen LogP contribution in [0.1, 0.15) is 25.8 Å². The first-order valence-corrected chi connectivity index (χ1v) is 10.5. The number of anilines is 2. The van der Waals surface area contributed by atoms with Gasteiger partial charge in [0.25, 0.3) is 11.8 Å². The van der Waals surface area contributed by atoms with E-state index in [1.54, 1.807) is 0 Å². The fourth-order valence-electron chi connectivity index (χ4n) is 3.75. The first-order valence-electron chi connectivity index (χ1n) is 10.5. The lowest BCUT2D eigenvalue weighted by molar-refractivity contribution is -0.127. The summed E-state index contributed by atoms with van der Waals surface area (Å²) in [6, 6.07) is 26.5. The molecule has 0 saturated carbocycles. The molecule has 0 aromatic heterocycles. The minimum atomic E-state index is -0.672. The van der Waals surface area contributed by atoms with Crippen LogP contribution in [0.2, 0.25) is 0 Å². The maximum absolute atomic E-state index is 13.3. The second-order valence-electron chi connectivity index (χ2n) is 8.09. The van der Waals surface area contributed by atoms with Gasteiger partial charge in [-0.3, -0.25) is 9.59 Å². The van der Waals surface area contributed by atoms with E-state index in [-0.39, 0.29) is 17.7 Å². The first kappa shape index (κ1) is 20.7. The molecule has 1 unspecified atom stereocenters.